The third-order valence-electron chi connectivity index (χ3n) is 5.33. The van der Waals surface area contributed by atoms with Gasteiger partial charge in [0.2, 0.25) is 0 Å². The predicted octanol–water partition coefficient (Wildman–Crippen LogP) is 4.72. The molecule has 1 saturated carbocycles. The lowest BCUT2D eigenvalue weighted by molar-refractivity contribution is 0.0791. The van der Waals surface area contributed by atoms with Crippen molar-refractivity contribution >= 4 is 5.78 Å². The van der Waals surface area contributed by atoms with Crippen molar-refractivity contribution in [2.24, 2.45) is 5.41 Å². The van der Waals surface area contributed by atoms with Gasteiger partial charge in [-0.2, -0.15) is 0 Å². The van der Waals surface area contributed by atoms with Crippen LogP contribution in [0.3, 0.4) is 0 Å². The molecule has 1 aromatic rings. The van der Waals surface area contributed by atoms with Gasteiger partial charge in [-0.1, -0.05) is 31.9 Å². The zero-order valence-electron chi connectivity index (χ0n) is 12.0. The van der Waals surface area contributed by atoms with Crippen molar-refractivity contribution in [1.82, 2.24) is 0 Å². The van der Waals surface area contributed by atoms with E-state index < -0.39 is 0 Å². The molecule has 1 aromatic carbocycles. The number of fused-ring (bicyclic) bond motifs is 1. The van der Waals surface area contributed by atoms with Crippen LogP contribution in [0.1, 0.15) is 73.4 Å². The molecule has 1 fully saturated rings. The van der Waals surface area contributed by atoms with Crippen molar-refractivity contribution in [3.8, 4) is 0 Å². The van der Waals surface area contributed by atoms with Crippen LogP contribution in [0.25, 0.3) is 0 Å². The number of aryl methyl sites for hydroxylation is 2. The first-order valence-corrected chi connectivity index (χ1v) is 7.92. The van der Waals surface area contributed by atoms with Gasteiger partial charge in [-0.3, -0.25) is 4.79 Å². The molecule has 0 spiro atoms. The van der Waals surface area contributed by atoms with E-state index in [1.54, 1.807) is 0 Å². The molecule has 0 N–H and O–H groups in total. The van der Waals surface area contributed by atoms with Crippen LogP contribution < -0.4 is 0 Å². The summed E-state index contributed by atoms with van der Waals surface area (Å²) in [4.78, 5) is 12.9. The van der Waals surface area contributed by atoms with E-state index in [0.717, 1.165) is 31.2 Å². The van der Waals surface area contributed by atoms with E-state index in [4.69, 9.17) is 0 Å². The minimum atomic E-state index is -0.0388. The summed E-state index contributed by atoms with van der Waals surface area (Å²) in [5.74, 6) is 0.417. The fourth-order valence-electron chi connectivity index (χ4n) is 3.97. The Kier molecular flexibility index (Phi) is 3.47. The van der Waals surface area contributed by atoms with Crippen molar-refractivity contribution in [3.05, 3.63) is 34.9 Å². The van der Waals surface area contributed by atoms with Gasteiger partial charge in [0.25, 0.3) is 0 Å². The monoisotopic (exact) mass is 256 g/mol. The average Bonchev–Trinajstić information content (AvgIpc) is 2.96. The third kappa shape index (κ3) is 2.24. The van der Waals surface area contributed by atoms with Crippen LogP contribution in [0.15, 0.2) is 18.2 Å². The molecule has 0 heterocycles. The first-order chi connectivity index (χ1) is 9.25. The number of rotatable bonds is 3. The van der Waals surface area contributed by atoms with Crippen molar-refractivity contribution in [2.75, 3.05) is 0 Å². The second-order valence-corrected chi connectivity index (χ2v) is 6.36. The molecule has 0 atom stereocenters. The highest BCUT2D eigenvalue weighted by atomic mass is 16.1. The maximum Gasteiger partial charge on any atom is 0.168 e. The number of hydrogen-bond acceptors (Lipinski definition) is 1. The Bertz CT molecular complexity index is 480. The molecule has 0 saturated heterocycles. The number of carbonyl (C=O) groups excluding carboxylic acids is 1. The molecule has 0 aliphatic heterocycles. The molecular formula is C18H24O. The molecule has 102 valence electrons. The van der Waals surface area contributed by atoms with E-state index >= 15 is 0 Å². The molecule has 0 aromatic heterocycles. The van der Waals surface area contributed by atoms with Crippen LogP contribution in [-0.2, 0) is 12.8 Å². The van der Waals surface area contributed by atoms with Crippen LogP contribution in [0.2, 0.25) is 0 Å². The van der Waals surface area contributed by atoms with Crippen molar-refractivity contribution in [2.45, 2.75) is 64.7 Å². The maximum absolute atomic E-state index is 12.9. The third-order valence-corrected chi connectivity index (χ3v) is 5.33. The number of hydrogen-bond donors (Lipinski definition) is 0. The van der Waals surface area contributed by atoms with Crippen LogP contribution >= 0.6 is 0 Å². The number of carbonyl (C=O) groups is 1. The summed E-state index contributed by atoms with van der Waals surface area (Å²) in [5, 5.41) is 0. The molecule has 3 rings (SSSR count). The predicted molar refractivity (Wildman–Crippen MR) is 78.6 cm³/mol. The Morgan fingerprint density at radius 2 is 1.74 bits per heavy atom. The molecule has 19 heavy (non-hydrogen) atoms. The summed E-state index contributed by atoms with van der Waals surface area (Å²) in [6.07, 6.45) is 10.6. The minimum absolute atomic E-state index is 0.0388. The molecule has 0 amide bonds. The van der Waals surface area contributed by atoms with E-state index in [1.165, 1.54) is 43.2 Å². The van der Waals surface area contributed by atoms with Gasteiger partial charge in [-0.15, -0.1) is 0 Å². The summed E-state index contributed by atoms with van der Waals surface area (Å²) >= 11 is 0. The fraction of sp³-hybridized carbons (Fsp3) is 0.611. The van der Waals surface area contributed by atoms with E-state index in [0.29, 0.717) is 5.78 Å². The van der Waals surface area contributed by atoms with Gasteiger partial charge < -0.3 is 0 Å². The highest BCUT2D eigenvalue weighted by molar-refractivity contribution is 6.00. The van der Waals surface area contributed by atoms with E-state index in [-0.39, 0.29) is 5.41 Å². The zero-order chi connectivity index (χ0) is 13.3. The summed E-state index contributed by atoms with van der Waals surface area (Å²) < 4.78 is 0. The molecule has 0 radical (unpaired) electrons. The zero-order valence-corrected chi connectivity index (χ0v) is 12.0. The SMILES string of the molecule is CCC1(C(=O)c2ccc3c(c2)CCCC3)CCCC1. The second-order valence-electron chi connectivity index (χ2n) is 6.36. The summed E-state index contributed by atoms with van der Waals surface area (Å²) in [7, 11) is 0. The summed E-state index contributed by atoms with van der Waals surface area (Å²) in [5.41, 5.74) is 3.84. The second kappa shape index (κ2) is 5.11. The Balaban J connectivity index is 1.91. The van der Waals surface area contributed by atoms with Crippen molar-refractivity contribution < 1.29 is 4.79 Å². The molecular weight excluding hydrogens is 232 g/mol. The van der Waals surface area contributed by atoms with Crippen LogP contribution in [-0.4, -0.2) is 5.78 Å². The lowest BCUT2D eigenvalue weighted by atomic mass is 9.76. The molecule has 2 aliphatic carbocycles. The molecule has 0 unspecified atom stereocenters. The van der Waals surface area contributed by atoms with Crippen LogP contribution in [0, 0.1) is 5.41 Å². The lowest BCUT2D eigenvalue weighted by Gasteiger charge is -2.26. The Labute approximate surface area is 116 Å². The van der Waals surface area contributed by atoms with Gasteiger partial charge in [0, 0.05) is 11.0 Å². The molecule has 0 bridgehead atoms. The number of Topliss-reactive ketones (excluding diaryl/α,β-unsaturated/α-hetero) is 1. The fourth-order valence-corrected chi connectivity index (χ4v) is 3.97. The van der Waals surface area contributed by atoms with Gasteiger partial charge in [0.15, 0.2) is 5.78 Å². The molecule has 1 nitrogen and oxygen atoms in total. The lowest BCUT2D eigenvalue weighted by Crippen LogP contribution is -2.27. The van der Waals surface area contributed by atoms with Gasteiger partial charge >= 0.3 is 0 Å². The van der Waals surface area contributed by atoms with Crippen molar-refractivity contribution in [1.29, 1.82) is 0 Å². The first kappa shape index (κ1) is 12.9. The summed E-state index contributed by atoms with van der Waals surface area (Å²) in [6.45, 7) is 2.18. The van der Waals surface area contributed by atoms with E-state index in [9.17, 15) is 4.79 Å². The minimum Gasteiger partial charge on any atom is -0.294 e. The topological polar surface area (TPSA) is 17.1 Å². The van der Waals surface area contributed by atoms with E-state index in [1.807, 2.05) is 0 Å². The highest BCUT2D eigenvalue weighted by Gasteiger charge is 2.39. The van der Waals surface area contributed by atoms with Gasteiger partial charge in [-0.25, -0.2) is 0 Å². The standard InChI is InChI=1S/C18H24O/c1-2-18(11-5-6-12-18)17(19)16-10-9-14-7-3-4-8-15(14)13-16/h9-10,13H,2-8,11-12H2,1H3. The maximum atomic E-state index is 12.9. The van der Waals surface area contributed by atoms with Gasteiger partial charge in [0.1, 0.15) is 0 Å². The normalized spacial score (nSPS) is 21.1. The molecule has 1 heteroatoms. The average molecular weight is 256 g/mol. The Morgan fingerprint density at radius 1 is 1.05 bits per heavy atom. The molecule has 2 aliphatic rings. The van der Waals surface area contributed by atoms with Crippen LogP contribution in [0.4, 0.5) is 0 Å². The quantitative estimate of drug-likeness (QED) is 0.715. The van der Waals surface area contributed by atoms with Gasteiger partial charge in [0.05, 0.1) is 0 Å². The highest BCUT2D eigenvalue weighted by Crippen LogP contribution is 2.43. The summed E-state index contributed by atoms with van der Waals surface area (Å²) in [6, 6.07) is 6.49. The number of benzene rings is 1. The first-order valence-electron chi connectivity index (χ1n) is 7.92. The van der Waals surface area contributed by atoms with Gasteiger partial charge in [-0.05, 0) is 62.1 Å². The Morgan fingerprint density at radius 3 is 2.42 bits per heavy atom. The largest absolute Gasteiger partial charge is 0.294 e. The van der Waals surface area contributed by atoms with Crippen LogP contribution in [0.5, 0.6) is 0 Å². The Hall–Kier alpha value is -1.11. The number of ketones is 1. The van der Waals surface area contributed by atoms with E-state index in [2.05, 4.69) is 25.1 Å². The smallest absolute Gasteiger partial charge is 0.168 e. The van der Waals surface area contributed by atoms with Crippen molar-refractivity contribution in [3.63, 3.8) is 0 Å².